The molecule has 0 bridgehead atoms. The monoisotopic (exact) mass is 343 g/mol. The van der Waals surface area contributed by atoms with E-state index in [2.05, 4.69) is 11.1 Å². The Hall–Kier alpha value is -2.93. The number of hydrogen-bond acceptors (Lipinski definition) is 5. The lowest BCUT2D eigenvalue weighted by molar-refractivity contribution is -0.134. The van der Waals surface area contributed by atoms with Gasteiger partial charge < -0.3 is 10.2 Å². The molecule has 24 heavy (non-hydrogen) atoms. The summed E-state index contributed by atoms with van der Waals surface area (Å²) in [4.78, 5) is 35.9. The standard InChI is InChI=1S/C13H9NOS.C4H4O4/c15-12-7-8-14-13-10-4-2-1-3-9(10)5-6-11(13)16-12;5-3(6)1-2-4(7)8/h1-6,8H,7H2;1-2H,(H,5,6)(H,7,8)/b;2-1+. The number of fused-ring (bicyclic) bond motifs is 3. The van der Waals surface area contributed by atoms with E-state index in [9.17, 15) is 14.4 Å². The molecule has 0 aliphatic carbocycles. The van der Waals surface area contributed by atoms with Crippen LogP contribution < -0.4 is 0 Å². The number of aliphatic carboxylic acids is 2. The molecule has 0 amide bonds. The van der Waals surface area contributed by atoms with Crippen LogP contribution in [-0.2, 0) is 14.4 Å². The van der Waals surface area contributed by atoms with Crippen LogP contribution in [0.1, 0.15) is 6.42 Å². The molecule has 0 fully saturated rings. The molecule has 1 aliphatic rings. The van der Waals surface area contributed by atoms with Crippen LogP contribution >= 0.6 is 11.8 Å². The Labute approximate surface area is 141 Å². The summed E-state index contributed by atoms with van der Waals surface area (Å²) < 4.78 is 0. The first-order chi connectivity index (χ1) is 11.5. The highest BCUT2D eigenvalue weighted by atomic mass is 32.2. The quantitative estimate of drug-likeness (QED) is 0.811. The van der Waals surface area contributed by atoms with Crippen molar-refractivity contribution in [2.75, 3.05) is 0 Å². The van der Waals surface area contributed by atoms with E-state index in [4.69, 9.17) is 10.2 Å². The SMILES string of the molecule is O=C(O)/C=C/C(=O)O.O=C1CC=Nc2c(ccc3ccccc23)S1. The average molecular weight is 343 g/mol. The first kappa shape index (κ1) is 17.4. The molecule has 0 saturated carbocycles. The van der Waals surface area contributed by atoms with E-state index >= 15 is 0 Å². The summed E-state index contributed by atoms with van der Waals surface area (Å²) in [6.07, 6.45) is 3.23. The van der Waals surface area contributed by atoms with Crippen LogP contribution in [0, 0.1) is 0 Å². The lowest BCUT2D eigenvalue weighted by Gasteiger charge is -2.05. The average Bonchev–Trinajstić information content (AvgIpc) is 2.74. The van der Waals surface area contributed by atoms with Crippen LogP contribution in [-0.4, -0.2) is 33.5 Å². The van der Waals surface area contributed by atoms with E-state index in [1.807, 2.05) is 30.3 Å². The van der Waals surface area contributed by atoms with Gasteiger partial charge in [0, 0.05) is 28.6 Å². The molecule has 1 heterocycles. The second-order valence-electron chi connectivity index (χ2n) is 4.63. The van der Waals surface area contributed by atoms with Crippen LogP contribution in [0.2, 0.25) is 0 Å². The van der Waals surface area contributed by atoms with Crippen molar-refractivity contribution in [3.05, 3.63) is 48.6 Å². The summed E-state index contributed by atoms with van der Waals surface area (Å²) in [6.45, 7) is 0. The van der Waals surface area contributed by atoms with Crippen molar-refractivity contribution >= 4 is 51.5 Å². The highest BCUT2D eigenvalue weighted by Crippen LogP contribution is 2.38. The van der Waals surface area contributed by atoms with Crippen LogP contribution in [0.4, 0.5) is 5.69 Å². The van der Waals surface area contributed by atoms with Gasteiger partial charge in [0.2, 0.25) is 0 Å². The lowest BCUT2D eigenvalue weighted by atomic mass is 10.1. The van der Waals surface area contributed by atoms with Crippen LogP contribution in [0.15, 0.2) is 58.4 Å². The number of nitrogens with zero attached hydrogens (tertiary/aromatic N) is 1. The zero-order valence-corrected chi connectivity index (χ0v) is 13.2. The summed E-state index contributed by atoms with van der Waals surface area (Å²) in [6, 6.07) is 12.1. The van der Waals surface area contributed by atoms with E-state index in [1.165, 1.54) is 11.8 Å². The van der Waals surface area contributed by atoms with Gasteiger partial charge in [-0.15, -0.1) is 0 Å². The molecular formula is C17H13NO5S. The third-order valence-electron chi connectivity index (χ3n) is 2.93. The van der Waals surface area contributed by atoms with Crippen molar-refractivity contribution < 1.29 is 24.6 Å². The van der Waals surface area contributed by atoms with E-state index in [0.717, 1.165) is 21.4 Å². The van der Waals surface area contributed by atoms with Gasteiger partial charge in [-0.25, -0.2) is 9.59 Å². The Morgan fingerprint density at radius 1 is 1.04 bits per heavy atom. The van der Waals surface area contributed by atoms with Gasteiger partial charge in [-0.2, -0.15) is 0 Å². The number of thioether (sulfide) groups is 1. The zero-order valence-electron chi connectivity index (χ0n) is 12.4. The van der Waals surface area contributed by atoms with E-state index in [1.54, 1.807) is 6.21 Å². The number of carbonyl (C=O) groups is 3. The van der Waals surface area contributed by atoms with Gasteiger partial charge in [0.1, 0.15) is 0 Å². The van der Waals surface area contributed by atoms with Crippen LogP contribution in [0.3, 0.4) is 0 Å². The molecule has 1 aliphatic heterocycles. The Bertz CT molecular complexity index is 841. The molecule has 7 heteroatoms. The summed E-state index contributed by atoms with van der Waals surface area (Å²) in [5, 5.41) is 18.0. The molecule has 0 unspecified atom stereocenters. The maximum absolute atomic E-state index is 11.5. The summed E-state index contributed by atoms with van der Waals surface area (Å²) >= 11 is 1.28. The van der Waals surface area contributed by atoms with Gasteiger partial charge in [0.05, 0.1) is 12.1 Å². The van der Waals surface area contributed by atoms with E-state index in [0.29, 0.717) is 18.6 Å². The number of carboxylic acids is 2. The number of hydrogen-bond donors (Lipinski definition) is 2. The van der Waals surface area contributed by atoms with E-state index < -0.39 is 11.9 Å². The number of aliphatic imine (C=N–C) groups is 1. The normalized spacial score (nSPS) is 13.1. The van der Waals surface area contributed by atoms with Gasteiger partial charge in [-0.05, 0) is 23.2 Å². The fourth-order valence-electron chi connectivity index (χ4n) is 1.97. The maximum atomic E-state index is 11.5. The van der Waals surface area contributed by atoms with Crippen molar-refractivity contribution in [3.8, 4) is 0 Å². The Morgan fingerprint density at radius 3 is 2.38 bits per heavy atom. The number of rotatable bonds is 2. The molecular weight excluding hydrogens is 330 g/mol. The fourth-order valence-corrected chi connectivity index (χ4v) is 2.77. The summed E-state index contributed by atoms with van der Waals surface area (Å²) in [5.41, 5.74) is 0.925. The predicted octanol–water partition coefficient (Wildman–Crippen LogP) is 3.28. The molecule has 122 valence electrons. The minimum absolute atomic E-state index is 0.151. The first-order valence-electron chi connectivity index (χ1n) is 6.86. The molecule has 2 aromatic carbocycles. The van der Waals surface area contributed by atoms with Gasteiger partial charge >= 0.3 is 11.9 Å². The molecule has 3 rings (SSSR count). The minimum Gasteiger partial charge on any atom is -0.478 e. The Kier molecular flexibility index (Phi) is 5.86. The summed E-state index contributed by atoms with van der Waals surface area (Å²) in [5.74, 6) is -2.51. The number of carboxylic acid groups (broad SMARTS) is 2. The third-order valence-corrected chi connectivity index (χ3v) is 3.88. The van der Waals surface area contributed by atoms with Gasteiger partial charge in [0.25, 0.3) is 0 Å². The fraction of sp³-hybridized carbons (Fsp3) is 0.0588. The third kappa shape index (κ3) is 4.79. The lowest BCUT2D eigenvalue weighted by Crippen LogP contribution is -1.91. The first-order valence-corrected chi connectivity index (χ1v) is 7.68. The molecule has 0 radical (unpaired) electrons. The highest BCUT2D eigenvalue weighted by molar-refractivity contribution is 8.13. The predicted molar refractivity (Wildman–Crippen MR) is 92.0 cm³/mol. The van der Waals surface area contributed by atoms with Gasteiger partial charge in [-0.3, -0.25) is 9.79 Å². The molecule has 6 nitrogen and oxygen atoms in total. The molecule has 0 spiro atoms. The molecule has 2 aromatic rings. The summed E-state index contributed by atoms with van der Waals surface area (Å²) in [7, 11) is 0. The van der Waals surface area contributed by atoms with Crippen molar-refractivity contribution in [3.63, 3.8) is 0 Å². The van der Waals surface area contributed by atoms with Gasteiger partial charge in [-0.1, -0.05) is 30.3 Å². The van der Waals surface area contributed by atoms with Crippen molar-refractivity contribution in [2.24, 2.45) is 4.99 Å². The van der Waals surface area contributed by atoms with Crippen LogP contribution in [0.5, 0.6) is 0 Å². The zero-order chi connectivity index (χ0) is 17.5. The number of carbonyl (C=O) groups excluding carboxylic acids is 1. The van der Waals surface area contributed by atoms with Crippen LogP contribution in [0.25, 0.3) is 10.8 Å². The number of benzene rings is 2. The Morgan fingerprint density at radius 2 is 1.71 bits per heavy atom. The second kappa shape index (κ2) is 8.07. The van der Waals surface area contributed by atoms with E-state index in [-0.39, 0.29) is 5.12 Å². The van der Waals surface area contributed by atoms with Gasteiger partial charge in [0.15, 0.2) is 5.12 Å². The van der Waals surface area contributed by atoms with Crippen molar-refractivity contribution in [2.45, 2.75) is 11.3 Å². The maximum Gasteiger partial charge on any atom is 0.328 e. The molecule has 0 aromatic heterocycles. The topological polar surface area (TPSA) is 104 Å². The Balaban J connectivity index is 0.000000224. The van der Waals surface area contributed by atoms with Crippen molar-refractivity contribution in [1.29, 1.82) is 0 Å². The van der Waals surface area contributed by atoms with Crippen molar-refractivity contribution in [1.82, 2.24) is 0 Å². The molecule has 2 N–H and O–H groups in total. The molecule has 0 saturated heterocycles. The molecule has 0 atom stereocenters. The minimum atomic E-state index is -1.26. The highest BCUT2D eigenvalue weighted by Gasteiger charge is 2.13. The smallest absolute Gasteiger partial charge is 0.328 e. The second-order valence-corrected chi connectivity index (χ2v) is 5.73. The largest absolute Gasteiger partial charge is 0.478 e.